The predicted octanol–water partition coefficient (Wildman–Crippen LogP) is 0.443. The number of benzene rings is 1. The number of nitrogens with one attached hydrogen (secondary N) is 1. The molecule has 0 aliphatic heterocycles. The van der Waals surface area contributed by atoms with E-state index in [1.54, 1.807) is 13.0 Å². The standard InChI is InChI=1S/C12H18FN3O3S/c1-8(7-20(2,18)19)15-6-9-3-10(12(14)16-17)5-11(13)4-9/h3-5,8,15,17H,6-7H2,1-2H3,(H2,14,16). The first-order valence-electron chi connectivity index (χ1n) is 5.89. The average Bonchev–Trinajstić information content (AvgIpc) is 2.32. The monoisotopic (exact) mass is 303 g/mol. The maximum atomic E-state index is 13.4. The zero-order valence-electron chi connectivity index (χ0n) is 11.3. The van der Waals surface area contributed by atoms with Crippen LogP contribution in [0.3, 0.4) is 0 Å². The molecule has 0 bridgehead atoms. The smallest absolute Gasteiger partial charge is 0.170 e. The maximum Gasteiger partial charge on any atom is 0.170 e. The molecule has 0 heterocycles. The Hall–Kier alpha value is -1.67. The second-order valence-electron chi connectivity index (χ2n) is 4.71. The second kappa shape index (κ2) is 6.67. The summed E-state index contributed by atoms with van der Waals surface area (Å²) in [5.41, 5.74) is 6.24. The van der Waals surface area contributed by atoms with Gasteiger partial charge in [-0.2, -0.15) is 0 Å². The summed E-state index contributed by atoms with van der Waals surface area (Å²) in [6.07, 6.45) is 1.16. The number of rotatable bonds is 6. The first-order chi connectivity index (χ1) is 9.21. The summed E-state index contributed by atoms with van der Waals surface area (Å²) < 4.78 is 35.7. The zero-order chi connectivity index (χ0) is 15.3. The quantitative estimate of drug-likeness (QED) is 0.306. The number of sulfone groups is 1. The minimum absolute atomic E-state index is 0.00455. The molecule has 1 unspecified atom stereocenters. The van der Waals surface area contributed by atoms with Gasteiger partial charge in [0.2, 0.25) is 0 Å². The summed E-state index contributed by atoms with van der Waals surface area (Å²) in [5.74, 6) is -0.702. The van der Waals surface area contributed by atoms with Crippen molar-refractivity contribution in [2.45, 2.75) is 19.5 Å². The molecular weight excluding hydrogens is 285 g/mol. The van der Waals surface area contributed by atoms with Gasteiger partial charge in [0.15, 0.2) is 5.84 Å². The highest BCUT2D eigenvalue weighted by molar-refractivity contribution is 7.90. The van der Waals surface area contributed by atoms with E-state index in [0.717, 1.165) is 12.3 Å². The summed E-state index contributed by atoms with van der Waals surface area (Å²) in [7, 11) is -3.07. The lowest BCUT2D eigenvalue weighted by Crippen LogP contribution is -2.32. The van der Waals surface area contributed by atoms with E-state index < -0.39 is 15.7 Å². The Kier molecular flexibility index (Phi) is 5.46. The van der Waals surface area contributed by atoms with E-state index in [0.29, 0.717) is 5.56 Å². The van der Waals surface area contributed by atoms with Gasteiger partial charge in [0, 0.05) is 24.4 Å². The Morgan fingerprint density at radius 2 is 2.15 bits per heavy atom. The largest absolute Gasteiger partial charge is 0.409 e. The molecule has 0 saturated heterocycles. The Labute approximate surface area is 117 Å². The van der Waals surface area contributed by atoms with E-state index in [4.69, 9.17) is 10.9 Å². The van der Waals surface area contributed by atoms with Crippen LogP contribution in [0.1, 0.15) is 18.1 Å². The molecule has 0 saturated carbocycles. The van der Waals surface area contributed by atoms with Crippen molar-refractivity contribution in [2.24, 2.45) is 10.9 Å². The van der Waals surface area contributed by atoms with E-state index in [1.165, 1.54) is 6.07 Å². The van der Waals surface area contributed by atoms with Crippen LogP contribution >= 0.6 is 0 Å². The molecule has 0 aliphatic rings. The SMILES string of the molecule is CC(CS(C)(=O)=O)NCc1cc(F)cc(/C(N)=N/O)c1. The van der Waals surface area contributed by atoms with E-state index >= 15 is 0 Å². The first-order valence-corrected chi connectivity index (χ1v) is 7.96. The van der Waals surface area contributed by atoms with Crippen LogP contribution in [0.15, 0.2) is 23.4 Å². The van der Waals surface area contributed by atoms with Gasteiger partial charge in [-0.1, -0.05) is 5.16 Å². The lowest BCUT2D eigenvalue weighted by Gasteiger charge is -2.13. The minimum Gasteiger partial charge on any atom is -0.409 e. The van der Waals surface area contributed by atoms with Crippen molar-refractivity contribution in [2.75, 3.05) is 12.0 Å². The molecule has 0 aromatic heterocycles. The molecule has 0 radical (unpaired) electrons. The fourth-order valence-electron chi connectivity index (χ4n) is 1.76. The van der Waals surface area contributed by atoms with Crippen LogP contribution < -0.4 is 11.1 Å². The van der Waals surface area contributed by atoms with E-state index in [-0.39, 0.29) is 29.7 Å². The Morgan fingerprint density at radius 1 is 1.50 bits per heavy atom. The molecule has 0 aliphatic carbocycles. The zero-order valence-corrected chi connectivity index (χ0v) is 12.1. The number of hydrogen-bond donors (Lipinski definition) is 3. The molecule has 20 heavy (non-hydrogen) atoms. The van der Waals surface area contributed by atoms with Gasteiger partial charge in [0.25, 0.3) is 0 Å². The van der Waals surface area contributed by atoms with Gasteiger partial charge in [0.05, 0.1) is 5.75 Å². The van der Waals surface area contributed by atoms with Crippen LogP contribution in [0, 0.1) is 5.82 Å². The molecule has 6 nitrogen and oxygen atoms in total. The van der Waals surface area contributed by atoms with Crippen LogP contribution in [-0.4, -0.2) is 37.5 Å². The average molecular weight is 303 g/mol. The van der Waals surface area contributed by atoms with Crippen molar-refractivity contribution >= 4 is 15.7 Å². The van der Waals surface area contributed by atoms with Crippen LogP contribution in [0.4, 0.5) is 4.39 Å². The van der Waals surface area contributed by atoms with Crippen LogP contribution in [0.2, 0.25) is 0 Å². The van der Waals surface area contributed by atoms with Gasteiger partial charge >= 0.3 is 0 Å². The topological polar surface area (TPSA) is 105 Å². The molecule has 1 aromatic rings. The van der Waals surface area contributed by atoms with Crippen molar-refractivity contribution in [3.05, 3.63) is 35.1 Å². The molecule has 4 N–H and O–H groups in total. The van der Waals surface area contributed by atoms with Gasteiger partial charge in [-0.15, -0.1) is 0 Å². The summed E-state index contributed by atoms with van der Waals surface area (Å²) in [5, 5.41) is 14.4. The van der Waals surface area contributed by atoms with E-state index in [1.807, 2.05) is 0 Å². The lowest BCUT2D eigenvalue weighted by molar-refractivity contribution is 0.318. The second-order valence-corrected chi connectivity index (χ2v) is 6.89. The molecule has 0 fully saturated rings. The maximum absolute atomic E-state index is 13.4. The van der Waals surface area contributed by atoms with Crippen LogP contribution in [0.5, 0.6) is 0 Å². The van der Waals surface area contributed by atoms with Crippen molar-refractivity contribution in [1.29, 1.82) is 0 Å². The number of halogens is 1. The van der Waals surface area contributed by atoms with Crippen LogP contribution in [0.25, 0.3) is 0 Å². The van der Waals surface area contributed by atoms with Crippen molar-refractivity contribution in [3.8, 4) is 0 Å². The number of amidine groups is 1. The van der Waals surface area contributed by atoms with Crippen molar-refractivity contribution in [1.82, 2.24) is 5.32 Å². The molecule has 1 rings (SSSR count). The summed E-state index contributed by atoms with van der Waals surface area (Å²) in [6, 6.07) is 3.76. The third-order valence-electron chi connectivity index (χ3n) is 2.57. The normalized spacial score (nSPS) is 14.2. The summed E-state index contributed by atoms with van der Waals surface area (Å²) in [4.78, 5) is 0. The molecule has 1 atom stereocenters. The molecule has 0 spiro atoms. The summed E-state index contributed by atoms with van der Waals surface area (Å²) >= 11 is 0. The lowest BCUT2D eigenvalue weighted by atomic mass is 10.1. The fraction of sp³-hybridized carbons (Fsp3) is 0.417. The third-order valence-corrected chi connectivity index (χ3v) is 3.67. The van der Waals surface area contributed by atoms with Gasteiger partial charge in [-0.05, 0) is 30.7 Å². The summed E-state index contributed by atoms with van der Waals surface area (Å²) in [6.45, 7) is 2.00. The van der Waals surface area contributed by atoms with E-state index in [9.17, 15) is 12.8 Å². The molecular formula is C12H18FN3O3S. The Balaban J connectivity index is 2.76. The molecule has 8 heteroatoms. The van der Waals surface area contributed by atoms with Crippen molar-refractivity contribution in [3.63, 3.8) is 0 Å². The molecule has 1 aromatic carbocycles. The number of oxime groups is 1. The van der Waals surface area contributed by atoms with Gasteiger partial charge < -0.3 is 16.3 Å². The highest BCUT2D eigenvalue weighted by Crippen LogP contribution is 2.09. The minimum atomic E-state index is -3.07. The number of hydrogen-bond acceptors (Lipinski definition) is 5. The van der Waals surface area contributed by atoms with Gasteiger partial charge in [0.1, 0.15) is 15.7 Å². The highest BCUT2D eigenvalue weighted by atomic mass is 32.2. The third kappa shape index (κ3) is 5.54. The number of nitrogens with zero attached hydrogens (tertiary/aromatic N) is 1. The number of nitrogens with two attached hydrogens (primary N) is 1. The Morgan fingerprint density at radius 3 is 2.70 bits per heavy atom. The highest BCUT2D eigenvalue weighted by Gasteiger charge is 2.11. The Bertz CT molecular complexity index is 602. The molecule has 112 valence electrons. The molecule has 0 amide bonds. The van der Waals surface area contributed by atoms with Crippen LogP contribution in [-0.2, 0) is 16.4 Å². The van der Waals surface area contributed by atoms with Crippen molar-refractivity contribution < 1.29 is 18.0 Å². The van der Waals surface area contributed by atoms with Gasteiger partial charge in [-0.25, -0.2) is 12.8 Å². The van der Waals surface area contributed by atoms with E-state index in [2.05, 4.69) is 10.5 Å². The fourth-order valence-corrected chi connectivity index (χ4v) is 2.79. The van der Waals surface area contributed by atoms with Gasteiger partial charge in [-0.3, -0.25) is 0 Å². The first kappa shape index (κ1) is 16.4. The predicted molar refractivity (Wildman–Crippen MR) is 74.9 cm³/mol.